The molecule has 1 N–H and O–H groups in total. The van der Waals surface area contributed by atoms with Crippen molar-refractivity contribution in [3.05, 3.63) is 29.6 Å². The van der Waals surface area contributed by atoms with Crippen LogP contribution in [0.25, 0.3) is 0 Å². The van der Waals surface area contributed by atoms with Crippen LogP contribution in [0.2, 0.25) is 0 Å². The molecule has 0 aliphatic heterocycles. The standard InChI is InChI=1S/C13H21FN2/c1-9(2)16(5)13-7-6-11(14)8-12(13)10(3)15-4/h6-10,15H,1-5H3. The molecule has 0 saturated carbocycles. The zero-order valence-corrected chi connectivity index (χ0v) is 10.7. The van der Waals surface area contributed by atoms with E-state index in [2.05, 4.69) is 24.1 Å². The van der Waals surface area contributed by atoms with E-state index in [-0.39, 0.29) is 11.9 Å². The van der Waals surface area contributed by atoms with E-state index >= 15 is 0 Å². The summed E-state index contributed by atoms with van der Waals surface area (Å²) in [6, 6.07) is 5.51. The number of rotatable bonds is 4. The number of hydrogen-bond acceptors (Lipinski definition) is 2. The Morgan fingerprint density at radius 2 is 1.88 bits per heavy atom. The highest BCUT2D eigenvalue weighted by Crippen LogP contribution is 2.27. The summed E-state index contributed by atoms with van der Waals surface area (Å²) < 4.78 is 13.3. The van der Waals surface area contributed by atoms with Crippen molar-refractivity contribution in [2.45, 2.75) is 32.9 Å². The van der Waals surface area contributed by atoms with Gasteiger partial charge in [0.25, 0.3) is 0 Å². The first-order valence-corrected chi connectivity index (χ1v) is 5.67. The molecule has 0 spiro atoms. The van der Waals surface area contributed by atoms with E-state index in [1.807, 2.05) is 27.1 Å². The minimum absolute atomic E-state index is 0.145. The number of anilines is 1. The van der Waals surface area contributed by atoms with Gasteiger partial charge in [0.05, 0.1) is 0 Å². The molecule has 3 heteroatoms. The minimum Gasteiger partial charge on any atom is -0.372 e. The predicted octanol–water partition coefficient (Wildman–Crippen LogP) is 2.95. The zero-order valence-electron chi connectivity index (χ0n) is 10.7. The normalized spacial score (nSPS) is 12.9. The first-order chi connectivity index (χ1) is 7.47. The van der Waals surface area contributed by atoms with E-state index in [1.54, 1.807) is 6.07 Å². The SMILES string of the molecule is CNC(C)c1cc(F)ccc1N(C)C(C)C. The summed E-state index contributed by atoms with van der Waals surface area (Å²) in [5, 5.41) is 3.15. The maximum Gasteiger partial charge on any atom is 0.123 e. The summed E-state index contributed by atoms with van der Waals surface area (Å²) in [6.07, 6.45) is 0. The average Bonchev–Trinajstić information content (AvgIpc) is 2.26. The molecule has 2 nitrogen and oxygen atoms in total. The highest BCUT2D eigenvalue weighted by molar-refractivity contribution is 5.55. The van der Waals surface area contributed by atoms with Gasteiger partial charge in [-0.1, -0.05) is 0 Å². The lowest BCUT2D eigenvalue weighted by Gasteiger charge is -2.28. The van der Waals surface area contributed by atoms with Crippen LogP contribution in [0.5, 0.6) is 0 Å². The summed E-state index contributed by atoms with van der Waals surface area (Å²) in [4.78, 5) is 2.16. The largest absolute Gasteiger partial charge is 0.372 e. The molecular formula is C13H21FN2. The molecule has 0 aromatic heterocycles. The van der Waals surface area contributed by atoms with Crippen LogP contribution in [-0.2, 0) is 0 Å². The molecule has 0 saturated heterocycles. The van der Waals surface area contributed by atoms with Gasteiger partial charge in [0, 0.05) is 24.8 Å². The van der Waals surface area contributed by atoms with Crippen molar-refractivity contribution in [1.82, 2.24) is 5.32 Å². The number of nitrogens with zero attached hydrogens (tertiary/aromatic N) is 1. The predicted molar refractivity (Wildman–Crippen MR) is 67.4 cm³/mol. The molecular weight excluding hydrogens is 203 g/mol. The first kappa shape index (κ1) is 13.0. The topological polar surface area (TPSA) is 15.3 Å². The summed E-state index contributed by atoms with van der Waals surface area (Å²) in [5.74, 6) is -0.182. The van der Waals surface area contributed by atoms with Crippen molar-refractivity contribution in [1.29, 1.82) is 0 Å². The van der Waals surface area contributed by atoms with Crippen LogP contribution in [0.3, 0.4) is 0 Å². The fraction of sp³-hybridized carbons (Fsp3) is 0.538. The molecule has 1 rings (SSSR count). The Morgan fingerprint density at radius 3 is 2.38 bits per heavy atom. The lowest BCUT2D eigenvalue weighted by molar-refractivity contribution is 0.605. The summed E-state index contributed by atoms with van der Waals surface area (Å²) in [6.45, 7) is 6.28. The molecule has 0 heterocycles. The van der Waals surface area contributed by atoms with Gasteiger partial charge in [-0.2, -0.15) is 0 Å². The first-order valence-electron chi connectivity index (χ1n) is 5.67. The third-order valence-electron chi connectivity index (χ3n) is 3.04. The fourth-order valence-electron chi connectivity index (χ4n) is 1.63. The minimum atomic E-state index is -0.182. The molecule has 1 atom stereocenters. The summed E-state index contributed by atoms with van der Waals surface area (Å²) >= 11 is 0. The third-order valence-corrected chi connectivity index (χ3v) is 3.04. The highest BCUT2D eigenvalue weighted by Gasteiger charge is 2.14. The highest BCUT2D eigenvalue weighted by atomic mass is 19.1. The van der Waals surface area contributed by atoms with Crippen LogP contribution in [0.4, 0.5) is 10.1 Å². The number of halogens is 1. The lowest BCUT2D eigenvalue weighted by Crippen LogP contribution is -2.28. The second-order valence-corrected chi connectivity index (χ2v) is 4.42. The van der Waals surface area contributed by atoms with E-state index < -0.39 is 0 Å². The molecule has 0 radical (unpaired) electrons. The van der Waals surface area contributed by atoms with E-state index in [4.69, 9.17) is 0 Å². The molecule has 0 aliphatic rings. The fourth-order valence-corrected chi connectivity index (χ4v) is 1.63. The van der Waals surface area contributed by atoms with Crippen LogP contribution < -0.4 is 10.2 Å². The van der Waals surface area contributed by atoms with Crippen LogP contribution >= 0.6 is 0 Å². The molecule has 90 valence electrons. The third kappa shape index (κ3) is 2.73. The van der Waals surface area contributed by atoms with Gasteiger partial charge >= 0.3 is 0 Å². The van der Waals surface area contributed by atoms with Crippen molar-refractivity contribution in [3.63, 3.8) is 0 Å². The van der Waals surface area contributed by atoms with Gasteiger partial charge in [-0.05, 0) is 51.6 Å². The van der Waals surface area contributed by atoms with Gasteiger partial charge in [0.1, 0.15) is 5.82 Å². The summed E-state index contributed by atoms with van der Waals surface area (Å²) in [5.41, 5.74) is 2.08. The molecule has 1 aromatic carbocycles. The Kier molecular flexibility index (Phi) is 4.30. The van der Waals surface area contributed by atoms with Gasteiger partial charge in [-0.3, -0.25) is 0 Å². The molecule has 0 amide bonds. The Bertz CT molecular complexity index is 350. The Hall–Kier alpha value is -1.09. The van der Waals surface area contributed by atoms with Gasteiger partial charge in [-0.25, -0.2) is 4.39 Å². The Morgan fingerprint density at radius 1 is 1.25 bits per heavy atom. The van der Waals surface area contributed by atoms with Gasteiger partial charge in [0.15, 0.2) is 0 Å². The van der Waals surface area contributed by atoms with Crippen LogP contribution in [0.15, 0.2) is 18.2 Å². The maximum atomic E-state index is 13.3. The second-order valence-electron chi connectivity index (χ2n) is 4.42. The maximum absolute atomic E-state index is 13.3. The zero-order chi connectivity index (χ0) is 12.3. The van der Waals surface area contributed by atoms with Crippen LogP contribution in [0.1, 0.15) is 32.4 Å². The van der Waals surface area contributed by atoms with Gasteiger partial charge in [-0.15, -0.1) is 0 Å². The van der Waals surface area contributed by atoms with E-state index in [9.17, 15) is 4.39 Å². The van der Waals surface area contributed by atoms with Crippen molar-refractivity contribution in [2.75, 3.05) is 19.0 Å². The smallest absolute Gasteiger partial charge is 0.123 e. The Labute approximate surface area is 97.5 Å². The monoisotopic (exact) mass is 224 g/mol. The van der Waals surface area contributed by atoms with Crippen molar-refractivity contribution < 1.29 is 4.39 Å². The van der Waals surface area contributed by atoms with E-state index in [0.29, 0.717) is 6.04 Å². The van der Waals surface area contributed by atoms with Crippen molar-refractivity contribution in [2.24, 2.45) is 0 Å². The van der Waals surface area contributed by atoms with Gasteiger partial charge in [0.2, 0.25) is 0 Å². The Balaban J connectivity index is 3.17. The lowest BCUT2D eigenvalue weighted by atomic mass is 10.0. The number of benzene rings is 1. The molecule has 16 heavy (non-hydrogen) atoms. The molecule has 0 fully saturated rings. The van der Waals surface area contributed by atoms with Gasteiger partial charge < -0.3 is 10.2 Å². The number of nitrogens with one attached hydrogen (secondary N) is 1. The molecule has 1 unspecified atom stereocenters. The van der Waals surface area contributed by atoms with Crippen LogP contribution in [0, 0.1) is 5.82 Å². The van der Waals surface area contributed by atoms with E-state index in [1.165, 1.54) is 6.07 Å². The quantitative estimate of drug-likeness (QED) is 0.846. The molecule has 0 aliphatic carbocycles. The second kappa shape index (κ2) is 5.30. The average molecular weight is 224 g/mol. The van der Waals surface area contributed by atoms with Crippen molar-refractivity contribution in [3.8, 4) is 0 Å². The molecule has 0 bridgehead atoms. The number of hydrogen-bond donors (Lipinski definition) is 1. The summed E-state index contributed by atoms with van der Waals surface area (Å²) in [7, 11) is 3.92. The molecule has 1 aromatic rings. The van der Waals surface area contributed by atoms with Crippen LogP contribution in [-0.4, -0.2) is 20.1 Å². The van der Waals surface area contributed by atoms with E-state index in [0.717, 1.165) is 11.3 Å². The van der Waals surface area contributed by atoms with Crippen molar-refractivity contribution >= 4 is 5.69 Å².